The summed E-state index contributed by atoms with van der Waals surface area (Å²) in [6, 6.07) is 1.11. The van der Waals surface area contributed by atoms with Crippen molar-refractivity contribution < 1.29 is 5.11 Å². The van der Waals surface area contributed by atoms with Crippen LogP contribution in [0.15, 0.2) is 0 Å². The lowest BCUT2D eigenvalue weighted by Gasteiger charge is -2.22. The van der Waals surface area contributed by atoms with E-state index >= 15 is 0 Å². The molecular weight excluding hydrogens is 186 g/mol. The predicted molar refractivity (Wildman–Crippen MR) is 62.8 cm³/mol. The molecule has 2 aliphatic rings. The van der Waals surface area contributed by atoms with Gasteiger partial charge in [-0.3, -0.25) is 0 Å². The van der Waals surface area contributed by atoms with Crippen LogP contribution in [0, 0.1) is 5.92 Å². The highest BCUT2D eigenvalue weighted by Crippen LogP contribution is 2.35. The Hall–Kier alpha value is -0.0800. The number of hydrogen-bond acceptors (Lipinski definition) is 2. The van der Waals surface area contributed by atoms with Crippen LogP contribution in [0.2, 0.25) is 0 Å². The second kappa shape index (κ2) is 5.31. The van der Waals surface area contributed by atoms with E-state index in [4.69, 9.17) is 0 Å². The van der Waals surface area contributed by atoms with Crippen molar-refractivity contribution in [3.8, 4) is 0 Å². The maximum Gasteiger partial charge on any atom is 0.0693 e. The quantitative estimate of drug-likeness (QED) is 0.700. The van der Waals surface area contributed by atoms with Crippen LogP contribution in [0.25, 0.3) is 0 Å². The van der Waals surface area contributed by atoms with E-state index in [9.17, 15) is 5.11 Å². The Morgan fingerprint density at radius 1 is 1.13 bits per heavy atom. The molecule has 0 bridgehead atoms. The lowest BCUT2D eigenvalue weighted by Crippen LogP contribution is -2.40. The van der Waals surface area contributed by atoms with Crippen molar-refractivity contribution >= 4 is 0 Å². The monoisotopic (exact) mass is 211 g/mol. The summed E-state index contributed by atoms with van der Waals surface area (Å²) in [5, 5.41) is 13.6. The summed E-state index contributed by atoms with van der Waals surface area (Å²) >= 11 is 0. The van der Waals surface area contributed by atoms with Gasteiger partial charge in [-0.05, 0) is 31.6 Å². The van der Waals surface area contributed by atoms with Gasteiger partial charge in [-0.2, -0.15) is 0 Å². The Kier molecular flexibility index (Phi) is 4.04. The second-order valence-corrected chi connectivity index (χ2v) is 5.37. The Morgan fingerprint density at radius 2 is 1.93 bits per heavy atom. The average molecular weight is 211 g/mol. The largest absolute Gasteiger partial charge is 0.392 e. The topological polar surface area (TPSA) is 32.3 Å². The zero-order chi connectivity index (χ0) is 10.7. The minimum atomic E-state index is -0.0876. The fourth-order valence-corrected chi connectivity index (χ4v) is 2.90. The number of rotatable bonds is 4. The Bertz CT molecular complexity index is 195. The van der Waals surface area contributed by atoms with E-state index in [1.165, 1.54) is 44.9 Å². The predicted octanol–water partition coefficient (Wildman–Crippen LogP) is 2.46. The van der Waals surface area contributed by atoms with Crippen LogP contribution in [0.3, 0.4) is 0 Å². The van der Waals surface area contributed by atoms with Gasteiger partial charge in [0.2, 0.25) is 0 Å². The molecule has 4 atom stereocenters. The molecule has 15 heavy (non-hydrogen) atoms. The molecule has 0 aromatic carbocycles. The van der Waals surface area contributed by atoms with Crippen molar-refractivity contribution in [1.82, 2.24) is 5.32 Å². The summed E-state index contributed by atoms with van der Waals surface area (Å²) in [4.78, 5) is 0. The summed E-state index contributed by atoms with van der Waals surface area (Å²) in [5.41, 5.74) is 0. The van der Waals surface area contributed by atoms with E-state index in [0.29, 0.717) is 6.04 Å². The van der Waals surface area contributed by atoms with Crippen LogP contribution in [0.1, 0.15) is 58.3 Å². The highest BCUT2D eigenvalue weighted by atomic mass is 16.3. The highest BCUT2D eigenvalue weighted by molar-refractivity contribution is 4.96. The van der Waals surface area contributed by atoms with Gasteiger partial charge in [0, 0.05) is 12.1 Å². The Morgan fingerprint density at radius 3 is 2.73 bits per heavy atom. The van der Waals surface area contributed by atoms with Gasteiger partial charge >= 0.3 is 0 Å². The molecule has 2 rings (SSSR count). The first-order valence-electron chi connectivity index (χ1n) is 6.75. The zero-order valence-electron chi connectivity index (χ0n) is 9.91. The molecule has 4 unspecified atom stereocenters. The smallest absolute Gasteiger partial charge is 0.0693 e. The standard InChI is InChI=1S/C13H25NO/c1-2-6-10-9-12(10)14-11-7-4-3-5-8-13(11)15/h10-15H,2-9H2,1H3. The van der Waals surface area contributed by atoms with Gasteiger partial charge in [-0.1, -0.05) is 32.6 Å². The highest BCUT2D eigenvalue weighted by Gasteiger charge is 2.38. The summed E-state index contributed by atoms with van der Waals surface area (Å²) in [6.45, 7) is 2.26. The Labute approximate surface area is 93.5 Å². The van der Waals surface area contributed by atoms with Crippen LogP contribution in [0.5, 0.6) is 0 Å². The van der Waals surface area contributed by atoms with Gasteiger partial charge in [0.05, 0.1) is 6.10 Å². The summed E-state index contributed by atoms with van der Waals surface area (Å²) in [5.74, 6) is 0.908. The van der Waals surface area contributed by atoms with Crippen LogP contribution in [0.4, 0.5) is 0 Å². The number of aliphatic hydroxyl groups is 1. The Balaban J connectivity index is 1.73. The van der Waals surface area contributed by atoms with Gasteiger partial charge in [0.1, 0.15) is 0 Å². The molecule has 2 nitrogen and oxygen atoms in total. The second-order valence-electron chi connectivity index (χ2n) is 5.37. The third-order valence-electron chi connectivity index (χ3n) is 3.99. The van der Waals surface area contributed by atoms with Gasteiger partial charge in [0.15, 0.2) is 0 Å². The molecule has 0 aromatic heterocycles. The fourth-order valence-electron chi connectivity index (χ4n) is 2.90. The van der Waals surface area contributed by atoms with E-state index in [1.54, 1.807) is 0 Å². The van der Waals surface area contributed by atoms with Crippen LogP contribution < -0.4 is 5.32 Å². The lowest BCUT2D eigenvalue weighted by molar-refractivity contribution is 0.118. The minimum absolute atomic E-state index is 0.0876. The first kappa shape index (κ1) is 11.4. The SMILES string of the molecule is CCCC1CC1NC1CCCCCC1O. The van der Waals surface area contributed by atoms with E-state index in [0.717, 1.165) is 18.4 Å². The zero-order valence-corrected chi connectivity index (χ0v) is 9.91. The van der Waals surface area contributed by atoms with Gasteiger partial charge < -0.3 is 10.4 Å². The third-order valence-corrected chi connectivity index (χ3v) is 3.99. The molecule has 0 aromatic rings. The molecule has 88 valence electrons. The van der Waals surface area contributed by atoms with Crippen LogP contribution in [-0.4, -0.2) is 23.3 Å². The average Bonchev–Trinajstić information content (AvgIpc) is 2.96. The van der Waals surface area contributed by atoms with Crippen molar-refractivity contribution in [2.45, 2.75) is 76.5 Å². The molecule has 2 aliphatic carbocycles. The first-order chi connectivity index (χ1) is 7.31. The van der Waals surface area contributed by atoms with Gasteiger partial charge in [-0.15, -0.1) is 0 Å². The molecule has 2 heteroatoms. The van der Waals surface area contributed by atoms with E-state index in [-0.39, 0.29) is 6.10 Å². The molecule has 2 N–H and O–H groups in total. The van der Waals surface area contributed by atoms with Crippen LogP contribution in [-0.2, 0) is 0 Å². The summed E-state index contributed by atoms with van der Waals surface area (Å²) < 4.78 is 0. The van der Waals surface area contributed by atoms with E-state index in [1.807, 2.05) is 0 Å². The summed E-state index contributed by atoms with van der Waals surface area (Å²) in [7, 11) is 0. The van der Waals surface area contributed by atoms with Crippen molar-refractivity contribution in [3.05, 3.63) is 0 Å². The molecular formula is C13H25NO. The van der Waals surface area contributed by atoms with Gasteiger partial charge in [-0.25, -0.2) is 0 Å². The normalized spacial score (nSPS) is 41.2. The first-order valence-corrected chi connectivity index (χ1v) is 6.75. The van der Waals surface area contributed by atoms with Gasteiger partial charge in [0.25, 0.3) is 0 Å². The third kappa shape index (κ3) is 3.18. The molecule has 0 amide bonds. The van der Waals surface area contributed by atoms with Crippen LogP contribution >= 0.6 is 0 Å². The molecule has 0 aliphatic heterocycles. The summed E-state index contributed by atoms with van der Waals surface area (Å²) in [6.07, 6.45) is 9.91. The van der Waals surface area contributed by atoms with Crippen molar-refractivity contribution in [3.63, 3.8) is 0 Å². The van der Waals surface area contributed by atoms with Crippen molar-refractivity contribution in [2.24, 2.45) is 5.92 Å². The number of aliphatic hydroxyl groups excluding tert-OH is 1. The van der Waals surface area contributed by atoms with Crippen molar-refractivity contribution in [2.75, 3.05) is 0 Å². The molecule has 0 heterocycles. The number of hydrogen-bond donors (Lipinski definition) is 2. The maximum atomic E-state index is 9.98. The molecule has 0 saturated heterocycles. The maximum absolute atomic E-state index is 9.98. The minimum Gasteiger partial charge on any atom is -0.392 e. The van der Waals surface area contributed by atoms with E-state index in [2.05, 4.69) is 12.2 Å². The molecule has 0 spiro atoms. The molecule has 2 saturated carbocycles. The number of nitrogens with one attached hydrogen (secondary N) is 1. The van der Waals surface area contributed by atoms with E-state index < -0.39 is 0 Å². The van der Waals surface area contributed by atoms with Crippen molar-refractivity contribution in [1.29, 1.82) is 0 Å². The molecule has 0 radical (unpaired) electrons. The molecule has 2 fully saturated rings. The fraction of sp³-hybridized carbons (Fsp3) is 1.00. The lowest BCUT2D eigenvalue weighted by atomic mass is 10.1.